The molecule has 0 aliphatic heterocycles. The van der Waals surface area contributed by atoms with Crippen LogP contribution >= 0.6 is 0 Å². The van der Waals surface area contributed by atoms with Gasteiger partial charge in [-0.1, -0.05) is 20.8 Å². The van der Waals surface area contributed by atoms with Gasteiger partial charge in [0.1, 0.15) is 11.2 Å². The summed E-state index contributed by atoms with van der Waals surface area (Å²) >= 11 is 0. The van der Waals surface area contributed by atoms with Crippen LogP contribution in [-0.4, -0.2) is 33.1 Å². The van der Waals surface area contributed by atoms with Crippen LogP contribution in [0, 0.1) is 6.92 Å². The highest BCUT2D eigenvalue weighted by Gasteiger charge is 2.21. The van der Waals surface area contributed by atoms with E-state index in [0.717, 1.165) is 34.9 Å². The van der Waals surface area contributed by atoms with Crippen molar-refractivity contribution in [3.63, 3.8) is 0 Å². The Hall–Kier alpha value is -2.60. The molecule has 0 fully saturated rings. The lowest BCUT2D eigenvalue weighted by Crippen LogP contribution is -3.05. The zero-order valence-corrected chi connectivity index (χ0v) is 18.9. The molecule has 1 amide bonds. The van der Waals surface area contributed by atoms with E-state index in [-0.39, 0.29) is 23.4 Å². The topological polar surface area (TPSA) is 76.9 Å². The number of hydrogen-bond acceptors (Lipinski definition) is 4. The fourth-order valence-corrected chi connectivity index (χ4v) is 3.78. The van der Waals surface area contributed by atoms with Crippen LogP contribution in [0.15, 0.2) is 32.0 Å². The SMILES string of the molecule is Cc1c(CCC(=O)NCCC[NH+](C)C)c(=O)oc2cc3occ(C(C)(C)C)c3cc12. The van der Waals surface area contributed by atoms with Crippen LogP contribution in [-0.2, 0) is 16.6 Å². The smallest absolute Gasteiger partial charge is 0.339 e. The summed E-state index contributed by atoms with van der Waals surface area (Å²) in [6.07, 6.45) is 3.35. The lowest BCUT2D eigenvalue weighted by molar-refractivity contribution is -0.858. The number of aryl methyl sites for hydroxylation is 1. The Morgan fingerprint density at radius 1 is 1.13 bits per heavy atom. The van der Waals surface area contributed by atoms with Crippen LogP contribution in [0.3, 0.4) is 0 Å². The first-order valence-corrected chi connectivity index (χ1v) is 10.6. The van der Waals surface area contributed by atoms with Gasteiger partial charge in [-0.3, -0.25) is 4.79 Å². The van der Waals surface area contributed by atoms with Crippen molar-refractivity contribution in [3.8, 4) is 0 Å². The minimum absolute atomic E-state index is 0.0389. The van der Waals surface area contributed by atoms with Gasteiger partial charge >= 0.3 is 5.63 Å². The Labute approximate surface area is 177 Å². The number of quaternary nitrogens is 1. The third-order valence-corrected chi connectivity index (χ3v) is 5.57. The van der Waals surface area contributed by atoms with Gasteiger partial charge in [-0.2, -0.15) is 0 Å². The number of rotatable bonds is 7. The molecule has 6 heteroatoms. The fourth-order valence-electron chi connectivity index (χ4n) is 3.78. The number of amides is 1. The minimum atomic E-state index is -0.383. The first kappa shape index (κ1) is 22.1. The average molecular weight is 414 g/mol. The van der Waals surface area contributed by atoms with Crippen molar-refractivity contribution < 1.29 is 18.5 Å². The van der Waals surface area contributed by atoms with E-state index < -0.39 is 0 Å². The number of benzene rings is 1. The summed E-state index contributed by atoms with van der Waals surface area (Å²) in [6.45, 7) is 10.0. The van der Waals surface area contributed by atoms with Crippen molar-refractivity contribution in [2.45, 2.75) is 52.4 Å². The predicted molar refractivity (Wildman–Crippen MR) is 119 cm³/mol. The summed E-state index contributed by atoms with van der Waals surface area (Å²) < 4.78 is 11.3. The highest BCUT2D eigenvalue weighted by Crippen LogP contribution is 2.35. The molecule has 0 bridgehead atoms. The molecule has 0 aliphatic rings. The maximum absolute atomic E-state index is 12.6. The van der Waals surface area contributed by atoms with Gasteiger partial charge in [-0.25, -0.2) is 4.79 Å². The second kappa shape index (κ2) is 8.64. The van der Waals surface area contributed by atoms with Crippen LogP contribution in [0.1, 0.15) is 50.3 Å². The van der Waals surface area contributed by atoms with Crippen molar-refractivity contribution in [2.24, 2.45) is 0 Å². The number of carbonyl (C=O) groups is 1. The van der Waals surface area contributed by atoms with Crippen LogP contribution < -0.4 is 15.8 Å². The normalized spacial score (nSPS) is 12.2. The van der Waals surface area contributed by atoms with E-state index in [2.05, 4.69) is 40.2 Å². The van der Waals surface area contributed by atoms with Gasteiger partial charge in [0.05, 0.1) is 26.9 Å². The van der Waals surface area contributed by atoms with Gasteiger partial charge in [0.25, 0.3) is 0 Å². The number of carbonyl (C=O) groups excluding carboxylic acids is 1. The maximum atomic E-state index is 12.6. The van der Waals surface area contributed by atoms with Gasteiger partial charge in [-0.05, 0) is 30.4 Å². The highest BCUT2D eigenvalue weighted by atomic mass is 16.4. The molecule has 30 heavy (non-hydrogen) atoms. The largest absolute Gasteiger partial charge is 0.464 e. The monoisotopic (exact) mass is 413 g/mol. The Bertz CT molecular complexity index is 1120. The lowest BCUT2D eigenvalue weighted by Gasteiger charge is -2.16. The first-order chi connectivity index (χ1) is 14.1. The lowest BCUT2D eigenvalue weighted by atomic mass is 9.86. The molecule has 0 spiro atoms. The Kier molecular flexibility index (Phi) is 6.36. The maximum Gasteiger partial charge on any atom is 0.339 e. The quantitative estimate of drug-likeness (QED) is 0.461. The molecule has 6 nitrogen and oxygen atoms in total. The molecule has 2 heterocycles. The molecule has 0 saturated heterocycles. The molecule has 1 aromatic carbocycles. The highest BCUT2D eigenvalue weighted by molar-refractivity contribution is 5.96. The van der Waals surface area contributed by atoms with Crippen molar-refractivity contribution in [1.29, 1.82) is 0 Å². The minimum Gasteiger partial charge on any atom is -0.464 e. The number of nitrogens with one attached hydrogen (secondary N) is 2. The average Bonchev–Trinajstić information content (AvgIpc) is 3.06. The molecular formula is C24H33N2O4+. The van der Waals surface area contributed by atoms with Crippen LogP contribution in [0.4, 0.5) is 0 Å². The molecule has 2 N–H and O–H groups in total. The van der Waals surface area contributed by atoms with Crippen LogP contribution in [0.2, 0.25) is 0 Å². The Balaban J connectivity index is 1.84. The molecule has 0 saturated carbocycles. The summed E-state index contributed by atoms with van der Waals surface area (Å²) in [5.74, 6) is -0.0389. The van der Waals surface area contributed by atoms with E-state index in [0.29, 0.717) is 29.7 Å². The molecule has 0 radical (unpaired) electrons. The van der Waals surface area contributed by atoms with Gasteiger partial charge in [0.2, 0.25) is 5.91 Å². The van der Waals surface area contributed by atoms with Crippen molar-refractivity contribution in [2.75, 3.05) is 27.2 Å². The molecule has 0 atom stereocenters. The summed E-state index contributed by atoms with van der Waals surface area (Å²) in [5.41, 5.74) is 3.33. The van der Waals surface area contributed by atoms with Gasteiger partial charge < -0.3 is 19.1 Å². The second-order valence-corrected chi connectivity index (χ2v) is 9.40. The summed E-state index contributed by atoms with van der Waals surface area (Å²) in [5, 5.41) is 4.85. The van der Waals surface area contributed by atoms with Crippen LogP contribution in [0.25, 0.3) is 21.9 Å². The van der Waals surface area contributed by atoms with Gasteiger partial charge in [0, 0.05) is 47.4 Å². The second-order valence-electron chi connectivity index (χ2n) is 9.40. The predicted octanol–water partition coefficient (Wildman–Crippen LogP) is 2.73. The van der Waals surface area contributed by atoms with Crippen molar-refractivity contribution in [1.82, 2.24) is 5.32 Å². The molecule has 3 rings (SSSR count). The Morgan fingerprint density at radius 3 is 2.53 bits per heavy atom. The van der Waals surface area contributed by atoms with Gasteiger partial charge in [0.15, 0.2) is 0 Å². The summed E-state index contributed by atoms with van der Waals surface area (Å²) in [4.78, 5) is 26.1. The zero-order chi connectivity index (χ0) is 22.1. The van der Waals surface area contributed by atoms with E-state index in [1.807, 2.05) is 13.0 Å². The number of hydrogen-bond donors (Lipinski definition) is 2. The molecule has 162 valence electrons. The van der Waals surface area contributed by atoms with E-state index in [1.165, 1.54) is 4.90 Å². The molecule has 3 aromatic rings. The van der Waals surface area contributed by atoms with E-state index in [9.17, 15) is 9.59 Å². The van der Waals surface area contributed by atoms with E-state index in [1.54, 1.807) is 12.3 Å². The molecule has 0 aliphatic carbocycles. The van der Waals surface area contributed by atoms with Crippen LogP contribution in [0.5, 0.6) is 0 Å². The first-order valence-electron chi connectivity index (χ1n) is 10.6. The molecule has 2 aromatic heterocycles. The zero-order valence-electron chi connectivity index (χ0n) is 18.9. The van der Waals surface area contributed by atoms with E-state index >= 15 is 0 Å². The van der Waals surface area contributed by atoms with Crippen molar-refractivity contribution >= 4 is 27.8 Å². The Morgan fingerprint density at radius 2 is 1.87 bits per heavy atom. The number of fused-ring (bicyclic) bond motifs is 2. The standard InChI is InChI=1S/C24H32N2O4/c1-15-16(8-9-22(27)25-10-7-11-26(5)6)23(28)30-21-13-20-18(12-17(15)21)19(14-29-20)24(2,3)4/h12-14H,7-11H2,1-6H3,(H,25,27)/p+1. The van der Waals surface area contributed by atoms with Crippen molar-refractivity contribution in [3.05, 3.63) is 45.5 Å². The molecule has 0 unspecified atom stereocenters. The molecular weight excluding hydrogens is 380 g/mol. The fraction of sp³-hybridized carbons (Fsp3) is 0.500. The van der Waals surface area contributed by atoms with Gasteiger partial charge in [-0.15, -0.1) is 0 Å². The third-order valence-electron chi connectivity index (χ3n) is 5.57. The van der Waals surface area contributed by atoms with E-state index in [4.69, 9.17) is 8.83 Å². The summed E-state index contributed by atoms with van der Waals surface area (Å²) in [6, 6.07) is 3.83. The number of furan rings is 1. The summed E-state index contributed by atoms with van der Waals surface area (Å²) in [7, 11) is 4.18. The third kappa shape index (κ3) is 4.75.